The van der Waals surface area contributed by atoms with Crippen molar-refractivity contribution >= 4 is 107 Å². The Bertz CT molecular complexity index is 3740. The van der Waals surface area contributed by atoms with Crippen LogP contribution in [-0.4, -0.2) is 6.71 Å². The van der Waals surface area contributed by atoms with E-state index in [2.05, 4.69) is 273 Å². The lowest BCUT2D eigenvalue weighted by molar-refractivity contribution is 0.590. The van der Waals surface area contributed by atoms with Crippen LogP contribution in [0.4, 0.5) is 51.2 Å². The van der Waals surface area contributed by atoms with Gasteiger partial charge in [-0.25, -0.2) is 0 Å². The zero-order chi connectivity index (χ0) is 50.0. The van der Waals surface area contributed by atoms with Crippen LogP contribution in [0, 0.1) is 0 Å². The summed E-state index contributed by atoms with van der Waals surface area (Å²) < 4.78 is 6.94. The van der Waals surface area contributed by atoms with Crippen LogP contribution >= 0.6 is 0 Å². The number of hydrogen-bond acceptors (Lipinski definition) is 4. The van der Waals surface area contributed by atoms with Crippen LogP contribution in [0.15, 0.2) is 186 Å². The summed E-state index contributed by atoms with van der Waals surface area (Å²) in [5.74, 6) is 0.390. The highest BCUT2D eigenvalue weighted by Gasteiger charge is 2.45. The molecule has 0 saturated carbocycles. The van der Waals surface area contributed by atoms with Crippen molar-refractivity contribution in [1.82, 2.24) is 0 Å². The summed E-state index contributed by atoms with van der Waals surface area (Å²) in [6.45, 7) is 25.4. The number of furan rings is 1. The third-order valence-electron chi connectivity index (χ3n) is 15.5. The molecule has 5 heteroatoms. The molecule has 0 bridgehead atoms. The molecular formula is C67H64BN3O. The highest BCUT2D eigenvalue weighted by atomic mass is 16.3. The normalized spacial score (nSPS) is 13.5. The molecule has 356 valence electrons. The molecule has 0 N–H and O–H groups in total. The molecule has 0 unspecified atom stereocenters. The van der Waals surface area contributed by atoms with Crippen LogP contribution in [0.5, 0.6) is 0 Å². The van der Waals surface area contributed by atoms with Crippen LogP contribution in [0.1, 0.15) is 104 Å². The van der Waals surface area contributed by atoms with Gasteiger partial charge in [-0.05, 0) is 133 Å². The van der Waals surface area contributed by atoms with E-state index in [0.29, 0.717) is 5.92 Å². The van der Waals surface area contributed by atoms with E-state index in [1.54, 1.807) is 0 Å². The third-order valence-corrected chi connectivity index (χ3v) is 15.5. The van der Waals surface area contributed by atoms with Gasteiger partial charge in [0, 0.05) is 50.3 Å². The topological polar surface area (TPSA) is 22.9 Å². The van der Waals surface area contributed by atoms with Crippen LogP contribution in [0.2, 0.25) is 0 Å². The fraction of sp³-hybridized carbons (Fsp3) is 0.224. The van der Waals surface area contributed by atoms with Gasteiger partial charge >= 0.3 is 0 Å². The van der Waals surface area contributed by atoms with Gasteiger partial charge in [-0.3, -0.25) is 0 Å². The minimum absolute atomic E-state index is 0.000839. The number of nitrogens with zero attached hydrogens (tertiary/aromatic N) is 3. The maximum absolute atomic E-state index is 6.94. The van der Waals surface area contributed by atoms with Crippen molar-refractivity contribution in [3.05, 3.63) is 204 Å². The van der Waals surface area contributed by atoms with E-state index in [1.807, 2.05) is 0 Å². The summed E-state index contributed by atoms with van der Waals surface area (Å²) in [6.07, 6.45) is 0. The van der Waals surface area contributed by atoms with Crippen molar-refractivity contribution in [1.29, 1.82) is 0 Å². The number of anilines is 9. The lowest BCUT2D eigenvalue weighted by Gasteiger charge is -2.46. The molecule has 3 heterocycles. The number of benzene rings is 9. The van der Waals surface area contributed by atoms with Gasteiger partial charge in [0.15, 0.2) is 5.58 Å². The molecule has 72 heavy (non-hydrogen) atoms. The molecule has 0 aliphatic carbocycles. The Morgan fingerprint density at radius 2 is 0.986 bits per heavy atom. The van der Waals surface area contributed by atoms with Gasteiger partial charge in [-0.2, -0.15) is 0 Å². The highest BCUT2D eigenvalue weighted by Crippen LogP contribution is 2.51. The van der Waals surface area contributed by atoms with E-state index >= 15 is 0 Å². The van der Waals surface area contributed by atoms with Crippen molar-refractivity contribution in [2.45, 2.75) is 98.3 Å². The van der Waals surface area contributed by atoms with Crippen LogP contribution in [-0.2, 0) is 16.2 Å². The fourth-order valence-corrected chi connectivity index (χ4v) is 11.4. The zero-order valence-corrected chi connectivity index (χ0v) is 43.7. The van der Waals surface area contributed by atoms with Crippen LogP contribution < -0.4 is 31.1 Å². The Balaban J connectivity index is 1.24. The fourth-order valence-electron chi connectivity index (χ4n) is 11.4. The number of para-hydroxylation sites is 2. The molecule has 0 radical (unpaired) electrons. The molecule has 0 atom stereocenters. The minimum Gasteiger partial charge on any atom is -0.454 e. The van der Waals surface area contributed by atoms with E-state index in [4.69, 9.17) is 4.42 Å². The molecule has 2 aliphatic heterocycles. The van der Waals surface area contributed by atoms with Gasteiger partial charge < -0.3 is 19.1 Å². The number of rotatable bonds is 6. The Labute approximate surface area is 426 Å². The average molecular weight is 938 g/mol. The molecule has 0 spiro atoms. The first-order valence-electron chi connectivity index (χ1n) is 25.9. The maximum Gasteiger partial charge on any atom is 0.252 e. The molecule has 10 aromatic rings. The SMILES string of the molecule is CC(C)c1ccc(N(c2cc3c4c(c2)N(c2cccc5ccccc25)c2ccc(C(C)(C)C)cc2B4c2cc(C(C)(C)C)ccc2N3c2ccc(C(C)(C)C)cc2)c2cccc3c2oc2ccccc23)cc1. The molecule has 0 amide bonds. The molecule has 12 rings (SSSR count). The summed E-state index contributed by atoms with van der Waals surface area (Å²) in [5.41, 5.74) is 20.9. The second-order valence-electron chi connectivity index (χ2n) is 23.7. The van der Waals surface area contributed by atoms with Gasteiger partial charge in [0.1, 0.15) is 5.58 Å². The summed E-state index contributed by atoms with van der Waals surface area (Å²) in [4.78, 5) is 7.60. The van der Waals surface area contributed by atoms with E-state index in [-0.39, 0.29) is 23.0 Å². The predicted molar refractivity (Wildman–Crippen MR) is 310 cm³/mol. The zero-order valence-electron chi connectivity index (χ0n) is 43.7. The standard InChI is InChI=1S/C67H64BN3O/c1-42(2)43-26-32-48(33-27-43)69(59-24-17-22-53-52-21-14-15-25-62(52)72-64(53)59)50-40-60-63-61(41-50)71(56-23-16-19-44-18-12-13-20-51(44)56)58-37-31-47(67(9,10)11)39-55(58)68(63)54-38-46(66(6,7)8)30-36-57(54)70(60)49-34-28-45(29-35-49)65(3,4)5/h12-42H,1-11H3. The Morgan fingerprint density at radius 3 is 1.62 bits per heavy atom. The van der Waals surface area contributed by atoms with E-state index in [0.717, 1.165) is 61.8 Å². The molecule has 1 aromatic heterocycles. The molecule has 9 aromatic carbocycles. The summed E-state index contributed by atoms with van der Waals surface area (Å²) in [7, 11) is 0. The van der Waals surface area contributed by atoms with Gasteiger partial charge in [0.2, 0.25) is 0 Å². The Morgan fingerprint density at radius 1 is 0.444 bits per heavy atom. The Kier molecular flexibility index (Phi) is 10.5. The van der Waals surface area contributed by atoms with E-state index in [9.17, 15) is 0 Å². The molecule has 0 fully saturated rings. The summed E-state index contributed by atoms with van der Waals surface area (Å²) in [5, 5.41) is 4.62. The lowest BCUT2D eigenvalue weighted by Crippen LogP contribution is -2.61. The molecular weight excluding hydrogens is 874 g/mol. The largest absolute Gasteiger partial charge is 0.454 e. The van der Waals surface area contributed by atoms with Gasteiger partial charge in [0.05, 0.1) is 17.1 Å². The maximum atomic E-state index is 6.94. The minimum atomic E-state index is -0.0683. The average Bonchev–Trinajstić information content (AvgIpc) is 3.75. The quantitative estimate of drug-likeness (QED) is 0.155. The van der Waals surface area contributed by atoms with Crippen molar-refractivity contribution in [3.63, 3.8) is 0 Å². The molecule has 4 nitrogen and oxygen atoms in total. The third kappa shape index (κ3) is 7.42. The first-order valence-corrected chi connectivity index (χ1v) is 25.9. The van der Waals surface area contributed by atoms with E-state index < -0.39 is 0 Å². The van der Waals surface area contributed by atoms with Gasteiger partial charge in [-0.15, -0.1) is 0 Å². The lowest BCUT2D eigenvalue weighted by atomic mass is 9.33. The second kappa shape index (κ2) is 16.5. The first kappa shape index (κ1) is 45.6. The smallest absolute Gasteiger partial charge is 0.252 e. The summed E-state index contributed by atoms with van der Waals surface area (Å²) in [6, 6.07) is 68.8. The second-order valence-corrected chi connectivity index (χ2v) is 23.7. The predicted octanol–water partition coefficient (Wildman–Crippen LogP) is 17.3. The van der Waals surface area contributed by atoms with Crippen LogP contribution in [0.25, 0.3) is 32.7 Å². The first-order chi connectivity index (χ1) is 34.4. The molecule has 0 saturated heterocycles. The number of hydrogen-bond donors (Lipinski definition) is 0. The van der Waals surface area contributed by atoms with E-state index in [1.165, 1.54) is 60.8 Å². The van der Waals surface area contributed by atoms with Crippen molar-refractivity contribution in [2.75, 3.05) is 14.7 Å². The monoisotopic (exact) mass is 938 g/mol. The van der Waals surface area contributed by atoms with Crippen molar-refractivity contribution < 1.29 is 4.42 Å². The summed E-state index contributed by atoms with van der Waals surface area (Å²) >= 11 is 0. The number of fused-ring (bicyclic) bond motifs is 8. The van der Waals surface area contributed by atoms with Gasteiger partial charge in [0.25, 0.3) is 6.71 Å². The Hall–Kier alpha value is -7.50. The van der Waals surface area contributed by atoms with Crippen molar-refractivity contribution in [3.8, 4) is 0 Å². The highest BCUT2D eigenvalue weighted by molar-refractivity contribution is 7.00. The molecule has 2 aliphatic rings. The van der Waals surface area contributed by atoms with Gasteiger partial charge in [-0.1, -0.05) is 191 Å². The van der Waals surface area contributed by atoms with Crippen LogP contribution in [0.3, 0.4) is 0 Å². The van der Waals surface area contributed by atoms with Crippen molar-refractivity contribution in [2.24, 2.45) is 0 Å².